The van der Waals surface area contributed by atoms with Crippen molar-refractivity contribution in [2.45, 2.75) is 6.42 Å². The van der Waals surface area contributed by atoms with Gasteiger partial charge in [-0.3, -0.25) is 4.79 Å². The first-order chi connectivity index (χ1) is 6.83. The third-order valence-electron chi connectivity index (χ3n) is 1.65. The number of furan rings is 1. The highest BCUT2D eigenvalue weighted by molar-refractivity contribution is 5.81. The number of hydrogen-bond acceptors (Lipinski definition) is 4. The summed E-state index contributed by atoms with van der Waals surface area (Å²) in [6.07, 6.45) is 1.84. The van der Waals surface area contributed by atoms with Crippen LogP contribution in [0.25, 0.3) is 0 Å². The van der Waals surface area contributed by atoms with E-state index in [1.54, 1.807) is 25.5 Å². The van der Waals surface area contributed by atoms with Crippen molar-refractivity contribution in [3.05, 3.63) is 24.2 Å². The number of Topliss-reactive ketones (excluding diaryl/α,β-unsaturated/α-hetero) is 1. The standard InChI is InChI=1S/C10H14O4/c1-12-5-6-13-8-9(11)7-10-3-2-4-14-10/h2-4H,5-8H2,1H3. The molecule has 0 radical (unpaired) electrons. The van der Waals surface area contributed by atoms with Gasteiger partial charge in [0.2, 0.25) is 0 Å². The predicted octanol–water partition coefficient (Wildman–Crippen LogP) is 1.05. The van der Waals surface area contributed by atoms with Crippen molar-refractivity contribution in [2.75, 3.05) is 26.9 Å². The largest absolute Gasteiger partial charge is 0.469 e. The first-order valence-electron chi connectivity index (χ1n) is 4.43. The van der Waals surface area contributed by atoms with Crippen LogP contribution in [0, 0.1) is 0 Å². The quantitative estimate of drug-likeness (QED) is 0.614. The molecule has 0 aliphatic rings. The number of rotatable bonds is 7. The zero-order valence-electron chi connectivity index (χ0n) is 8.19. The van der Waals surface area contributed by atoms with Gasteiger partial charge in [-0.1, -0.05) is 0 Å². The van der Waals surface area contributed by atoms with Crippen LogP contribution >= 0.6 is 0 Å². The molecule has 78 valence electrons. The predicted molar refractivity (Wildman–Crippen MR) is 50.1 cm³/mol. The summed E-state index contributed by atoms with van der Waals surface area (Å²) in [6, 6.07) is 3.53. The maximum Gasteiger partial charge on any atom is 0.165 e. The van der Waals surface area contributed by atoms with Crippen LogP contribution in [0.2, 0.25) is 0 Å². The smallest absolute Gasteiger partial charge is 0.165 e. The van der Waals surface area contributed by atoms with E-state index in [9.17, 15) is 4.79 Å². The molecule has 0 saturated heterocycles. The van der Waals surface area contributed by atoms with Gasteiger partial charge in [0.05, 0.1) is 25.9 Å². The fourth-order valence-corrected chi connectivity index (χ4v) is 0.987. The molecule has 0 bridgehead atoms. The molecule has 14 heavy (non-hydrogen) atoms. The molecule has 0 aromatic carbocycles. The number of methoxy groups -OCH3 is 1. The van der Waals surface area contributed by atoms with E-state index < -0.39 is 0 Å². The average molecular weight is 198 g/mol. The molecule has 4 nitrogen and oxygen atoms in total. The van der Waals surface area contributed by atoms with Crippen LogP contribution in [0.5, 0.6) is 0 Å². The number of carbonyl (C=O) groups is 1. The second-order valence-corrected chi connectivity index (χ2v) is 2.84. The molecule has 0 amide bonds. The van der Waals surface area contributed by atoms with Gasteiger partial charge >= 0.3 is 0 Å². The lowest BCUT2D eigenvalue weighted by Crippen LogP contribution is -2.13. The molecule has 0 spiro atoms. The SMILES string of the molecule is COCCOCC(=O)Cc1ccco1. The molecule has 0 atom stereocenters. The van der Waals surface area contributed by atoms with Crippen LogP contribution in [0.4, 0.5) is 0 Å². The van der Waals surface area contributed by atoms with Crippen LogP contribution in [-0.2, 0) is 20.7 Å². The number of carbonyl (C=O) groups excluding carboxylic acids is 1. The van der Waals surface area contributed by atoms with Crippen molar-refractivity contribution in [1.29, 1.82) is 0 Å². The summed E-state index contributed by atoms with van der Waals surface area (Å²) in [6.45, 7) is 1.07. The summed E-state index contributed by atoms with van der Waals surface area (Å²) in [4.78, 5) is 11.2. The monoisotopic (exact) mass is 198 g/mol. The van der Waals surface area contributed by atoms with Gasteiger partial charge in [-0.25, -0.2) is 0 Å². The molecule has 0 N–H and O–H groups in total. The van der Waals surface area contributed by atoms with Crippen molar-refractivity contribution in [1.82, 2.24) is 0 Å². The summed E-state index contributed by atoms with van der Waals surface area (Å²) >= 11 is 0. The van der Waals surface area contributed by atoms with Crippen molar-refractivity contribution >= 4 is 5.78 Å². The van der Waals surface area contributed by atoms with Crippen LogP contribution in [0.15, 0.2) is 22.8 Å². The molecule has 0 aliphatic heterocycles. The van der Waals surface area contributed by atoms with Crippen molar-refractivity contribution in [3.8, 4) is 0 Å². The second kappa shape index (κ2) is 6.34. The van der Waals surface area contributed by atoms with E-state index in [2.05, 4.69) is 0 Å². The van der Waals surface area contributed by atoms with E-state index >= 15 is 0 Å². The first-order valence-corrected chi connectivity index (χ1v) is 4.43. The van der Waals surface area contributed by atoms with Crippen molar-refractivity contribution < 1.29 is 18.7 Å². The van der Waals surface area contributed by atoms with Gasteiger partial charge in [-0.05, 0) is 12.1 Å². The van der Waals surface area contributed by atoms with Crippen LogP contribution in [0.3, 0.4) is 0 Å². The Morgan fingerprint density at radius 1 is 1.50 bits per heavy atom. The van der Waals surface area contributed by atoms with E-state index in [1.165, 1.54) is 0 Å². The lowest BCUT2D eigenvalue weighted by atomic mass is 10.2. The molecule has 0 saturated carbocycles. The average Bonchev–Trinajstić information content (AvgIpc) is 2.65. The lowest BCUT2D eigenvalue weighted by Gasteiger charge is -2.01. The van der Waals surface area contributed by atoms with Crippen LogP contribution in [0.1, 0.15) is 5.76 Å². The topological polar surface area (TPSA) is 48.7 Å². The summed E-state index contributed by atoms with van der Waals surface area (Å²) < 4.78 is 14.9. The summed E-state index contributed by atoms with van der Waals surface area (Å²) in [5.74, 6) is 0.682. The van der Waals surface area contributed by atoms with Gasteiger partial charge in [0.1, 0.15) is 12.4 Å². The zero-order chi connectivity index (χ0) is 10.2. The van der Waals surface area contributed by atoms with E-state index in [4.69, 9.17) is 13.9 Å². The molecule has 1 aromatic heterocycles. The Morgan fingerprint density at radius 3 is 3.00 bits per heavy atom. The van der Waals surface area contributed by atoms with E-state index in [-0.39, 0.29) is 12.4 Å². The Balaban J connectivity index is 2.11. The number of ketones is 1. The van der Waals surface area contributed by atoms with Crippen molar-refractivity contribution in [2.24, 2.45) is 0 Å². The lowest BCUT2D eigenvalue weighted by molar-refractivity contribution is -0.123. The zero-order valence-corrected chi connectivity index (χ0v) is 8.19. The highest BCUT2D eigenvalue weighted by Crippen LogP contribution is 2.01. The third kappa shape index (κ3) is 4.20. The van der Waals surface area contributed by atoms with E-state index in [1.807, 2.05) is 0 Å². The summed E-state index contributed by atoms with van der Waals surface area (Å²) in [5.41, 5.74) is 0. The van der Waals surface area contributed by atoms with Gasteiger partial charge in [-0.2, -0.15) is 0 Å². The molecule has 4 heteroatoms. The maximum absolute atomic E-state index is 11.2. The molecule has 0 unspecified atom stereocenters. The van der Waals surface area contributed by atoms with Crippen LogP contribution < -0.4 is 0 Å². The Labute approximate surface area is 82.8 Å². The fourth-order valence-electron chi connectivity index (χ4n) is 0.987. The molecular formula is C10H14O4. The fraction of sp³-hybridized carbons (Fsp3) is 0.500. The summed E-state index contributed by atoms with van der Waals surface area (Å²) in [5, 5.41) is 0. The van der Waals surface area contributed by atoms with Gasteiger partial charge in [0.15, 0.2) is 5.78 Å². The Bertz CT molecular complexity index is 253. The van der Waals surface area contributed by atoms with E-state index in [0.717, 1.165) is 0 Å². The summed E-state index contributed by atoms with van der Waals surface area (Å²) in [7, 11) is 1.59. The molecule has 1 heterocycles. The normalized spacial score (nSPS) is 10.4. The minimum atomic E-state index is 0.0102. The Morgan fingerprint density at radius 2 is 2.36 bits per heavy atom. The molecular weight excluding hydrogens is 184 g/mol. The first kappa shape index (κ1) is 10.9. The highest BCUT2D eigenvalue weighted by atomic mass is 16.5. The van der Waals surface area contributed by atoms with Gasteiger partial charge in [-0.15, -0.1) is 0 Å². The Kier molecular flexibility index (Phi) is 4.96. The molecule has 1 rings (SSSR count). The maximum atomic E-state index is 11.2. The molecule has 0 fully saturated rings. The van der Waals surface area contributed by atoms with Gasteiger partial charge in [0, 0.05) is 7.11 Å². The Hall–Kier alpha value is -1.13. The third-order valence-corrected chi connectivity index (χ3v) is 1.65. The second-order valence-electron chi connectivity index (χ2n) is 2.84. The van der Waals surface area contributed by atoms with E-state index in [0.29, 0.717) is 25.4 Å². The number of hydrogen-bond donors (Lipinski definition) is 0. The molecule has 1 aromatic rings. The number of ether oxygens (including phenoxy) is 2. The van der Waals surface area contributed by atoms with Crippen LogP contribution in [-0.4, -0.2) is 32.7 Å². The minimum absolute atomic E-state index is 0.0102. The van der Waals surface area contributed by atoms with Crippen molar-refractivity contribution in [3.63, 3.8) is 0 Å². The van der Waals surface area contributed by atoms with Gasteiger partial charge < -0.3 is 13.9 Å². The highest BCUT2D eigenvalue weighted by Gasteiger charge is 2.05. The minimum Gasteiger partial charge on any atom is -0.469 e. The molecule has 0 aliphatic carbocycles. The van der Waals surface area contributed by atoms with Gasteiger partial charge in [0.25, 0.3) is 0 Å².